The van der Waals surface area contributed by atoms with Gasteiger partial charge in [-0.2, -0.15) is 4.31 Å². The van der Waals surface area contributed by atoms with Gasteiger partial charge in [0.15, 0.2) is 0 Å². The van der Waals surface area contributed by atoms with E-state index in [2.05, 4.69) is 5.32 Å². The van der Waals surface area contributed by atoms with E-state index in [0.717, 1.165) is 15.4 Å². The van der Waals surface area contributed by atoms with Crippen molar-refractivity contribution in [3.8, 4) is 0 Å². The van der Waals surface area contributed by atoms with Crippen molar-refractivity contribution in [2.45, 2.75) is 31.3 Å². The molecule has 0 saturated heterocycles. The molecule has 0 aromatic heterocycles. The zero-order chi connectivity index (χ0) is 24.2. The zero-order valence-corrected chi connectivity index (χ0v) is 21.1. The molecule has 33 heavy (non-hydrogen) atoms. The van der Waals surface area contributed by atoms with Crippen molar-refractivity contribution < 1.29 is 13.2 Å². The molecule has 0 aliphatic rings. The predicted octanol–water partition coefficient (Wildman–Crippen LogP) is 6.02. The van der Waals surface area contributed by atoms with Gasteiger partial charge in [-0.3, -0.25) is 4.79 Å². The second-order valence-corrected chi connectivity index (χ2v) is 10.9. The van der Waals surface area contributed by atoms with Crippen LogP contribution in [0.1, 0.15) is 29.7 Å². The molecule has 1 amide bonds. The molecular formula is C24H23Cl3N2O3S. The average Bonchev–Trinajstić information content (AvgIpc) is 2.76. The fraction of sp³-hybridized carbons (Fsp3) is 0.208. The Morgan fingerprint density at radius 1 is 0.939 bits per heavy atom. The van der Waals surface area contributed by atoms with Crippen molar-refractivity contribution in [1.29, 1.82) is 0 Å². The smallest absolute Gasteiger partial charge is 0.243 e. The van der Waals surface area contributed by atoms with E-state index in [1.807, 2.05) is 26.0 Å². The zero-order valence-electron chi connectivity index (χ0n) is 18.1. The van der Waals surface area contributed by atoms with Gasteiger partial charge in [0.2, 0.25) is 15.9 Å². The van der Waals surface area contributed by atoms with Gasteiger partial charge in [0, 0.05) is 11.6 Å². The van der Waals surface area contributed by atoms with E-state index in [1.165, 1.54) is 12.1 Å². The van der Waals surface area contributed by atoms with Gasteiger partial charge in [0.05, 0.1) is 27.5 Å². The molecule has 9 heteroatoms. The molecular weight excluding hydrogens is 503 g/mol. The largest absolute Gasteiger partial charge is 0.348 e. The Bertz CT molecular complexity index is 1230. The van der Waals surface area contributed by atoms with Gasteiger partial charge in [-0.05, 0) is 61.4 Å². The Labute approximate surface area is 209 Å². The molecule has 5 nitrogen and oxygen atoms in total. The summed E-state index contributed by atoms with van der Waals surface area (Å²) in [6.45, 7) is 3.28. The Balaban J connectivity index is 1.85. The minimum atomic E-state index is -3.96. The normalized spacial score (nSPS) is 12.5. The second kappa shape index (κ2) is 10.9. The minimum absolute atomic E-state index is 0.0458. The summed E-state index contributed by atoms with van der Waals surface area (Å²) in [5, 5.41) is 4.11. The number of carbonyl (C=O) groups is 1. The van der Waals surface area contributed by atoms with Crippen LogP contribution in [-0.4, -0.2) is 25.2 Å². The Morgan fingerprint density at radius 3 is 2.18 bits per heavy atom. The number of hydrogen-bond acceptors (Lipinski definition) is 3. The first-order valence-corrected chi connectivity index (χ1v) is 12.7. The standard InChI is InChI=1S/C24H23Cl3N2O3S/c1-16-3-10-21(11-4-16)33(31,32)29(14-18-5-12-22(26)23(27)13-18)15-24(30)28-17(2)19-6-8-20(25)9-7-19/h3-13,17H,14-15H2,1-2H3,(H,28,30)/t17-/m1/s1. The fourth-order valence-corrected chi connectivity index (χ4v) is 5.04. The lowest BCUT2D eigenvalue weighted by atomic mass is 10.1. The fourth-order valence-electron chi connectivity index (χ4n) is 3.21. The van der Waals surface area contributed by atoms with E-state index in [0.29, 0.717) is 20.6 Å². The van der Waals surface area contributed by atoms with E-state index in [4.69, 9.17) is 34.8 Å². The Kier molecular flexibility index (Phi) is 8.43. The van der Waals surface area contributed by atoms with Gasteiger partial charge in [-0.15, -0.1) is 0 Å². The predicted molar refractivity (Wildman–Crippen MR) is 133 cm³/mol. The van der Waals surface area contributed by atoms with Crippen LogP contribution in [0.3, 0.4) is 0 Å². The maximum Gasteiger partial charge on any atom is 0.243 e. The summed E-state index contributed by atoms with van der Waals surface area (Å²) in [5.74, 6) is -0.437. The molecule has 3 aromatic rings. The third kappa shape index (κ3) is 6.71. The third-order valence-corrected chi connectivity index (χ3v) is 7.87. The lowest BCUT2D eigenvalue weighted by Crippen LogP contribution is -2.41. The molecule has 0 aliphatic heterocycles. The summed E-state index contributed by atoms with van der Waals surface area (Å²) in [7, 11) is -3.96. The van der Waals surface area contributed by atoms with Crippen LogP contribution >= 0.6 is 34.8 Å². The number of halogens is 3. The number of nitrogens with zero attached hydrogens (tertiary/aromatic N) is 1. The van der Waals surface area contributed by atoms with Crippen molar-refractivity contribution in [3.63, 3.8) is 0 Å². The van der Waals surface area contributed by atoms with Crippen LogP contribution < -0.4 is 5.32 Å². The molecule has 1 N–H and O–H groups in total. The van der Waals surface area contributed by atoms with E-state index in [-0.39, 0.29) is 24.0 Å². The number of nitrogens with one attached hydrogen (secondary N) is 1. The second-order valence-electron chi connectivity index (χ2n) is 7.68. The van der Waals surface area contributed by atoms with Crippen LogP contribution in [-0.2, 0) is 21.4 Å². The molecule has 0 unspecified atom stereocenters. The monoisotopic (exact) mass is 524 g/mol. The third-order valence-electron chi connectivity index (χ3n) is 5.07. The summed E-state index contributed by atoms with van der Waals surface area (Å²) in [5.41, 5.74) is 2.39. The van der Waals surface area contributed by atoms with Crippen LogP contribution in [0.2, 0.25) is 15.1 Å². The SMILES string of the molecule is Cc1ccc(S(=O)(=O)N(CC(=O)N[C@H](C)c2ccc(Cl)cc2)Cc2ccc(Cl)c(Cl)c2)cc1. The van der Waals surface area contributed by atoms with Crippen molar-refractivity contribution in [3.05, 3.63) is 98.5 Å². The maximum atomic E-state index is 13.4. The quantitative estimate of drug-likeness (QED) is 0.391. The molecule has 0 heterocycles. The van der Waals surface area contributed by atoms with Crippen molar-refractivity contribution in [2.75, 3.05) is 6.54 Å². The Hall–Kier alpha value is -2.09. The van der Waals surface area contributed by atoms with Gasteiger partial charge >= 0.3 is 0 Å². The highest BCUT2D eigenvalue weighted by Gasteiger charge is 2.27. The molecule has 0 spiro atoms. The average molecular weight is 526 g/mol. The summed E-state index contributed by atoms with van der Waals surface area (Å²) >= 11 is 18.0. The van der Waals surface area contributed by atoms with Gasteiger partial charge in [0.1, 0.15) is 0 Å². The van der Waals surface area contributed by atoms with Crippen LogP contribution in [0.15, 0.2) is 71.6 Å². The van der Waals surface area contributed by atoms with Crippen LogP contribution in [0.5, 0.6) is 0 Å². The van der Waals surface area contributed by atoms with E-state index in [9.17, 15) is 13.2 Å². The number of hydrogen-bond donors (Lipinski definition) is 1. The van der Waals surface area contributed by atoms with Crippen LogP contribution in [0.25, 0.3) is 0 Å². The number of carbonyl (C=O) groups excluding carboxylic acids is 1. The molecule has 0 radical (unpaired) electrons. The van der Waals surface area contributed by atoms with E-state index < -0.39 is 15.9 Å². The molecule has 0 bridgehead atoms. The number of rotatable bonds is 8. The maximum absolute atomic E-state index is 13.4. The molecule has 174 valence electrons. The van der Waals surface area contributed by atoms with E-state index in [1.54, 1.807) is 42.5 Å². The summed E-state index contributed by atoms with van der Waals surface area (Å²) < 4.78 is 27.9. The number of amides is 1. The highest BCUT2D eigenvalue weighted by atomic mass is 35.5. The van der Waals surface area contributed by atoms with Gasteiger partial charge in [-0.1, -0.05) is 70.7 Å². The van der Waals surface area contributed by atoms with E-state index >= 15 is 0 Å². The first kappa shape index (κ1) is 25.5. The Morgan fingerprint density at radius 2 is 1.58 bits per heavy atom. The molecule has 0 fully saturated rings. The van der Waals surface area contributed by atoms with Gasteiger partial charge < -0.3 is 5.32 Å². The van der Waals surface area contributed by atoms with Gasteiger partial charge in [-0.25, -0.2) is 8.42 Å². The topological polar surface area (TPSA) is 66.5 Å². The van der Waals surface area contributed by atoms with Crippen LogP contribution in [0.4, 0.5) is 0 Å². The molecule has 3 aromatic carbocycles. The minimum Gasteiger partial charge on any atom is -0.348 e. The van der Waals surface area contributed by atoms with Crippen molar-refractivity contribution >= 4 is 50.7 Å². The summed E-state index contributed by atoms with van der Waals surface area (Å²) in [6.07, 6.45) is 0. The molecule has 0 saturated carbocycles. The van der Waals surface area contributed by atoms with Crippen molar-refractivity contribution in [1.82, 2.24) is 9.62 Å². The molecule has 0 aliphatic carbocycles. The molecule has 3 rings (SSSR count). The number of aryl methyl sites for hydroxylation is 1. The van der Waals surface area contributed by atoms with Crippen molar-refractivity contribution in [2.24, 2.45) is 0 Å². The first-order valence-electron chi connectivity index (χ1n) is 10.1. The highest BCUT2D eigenvalue weighted by molar-refractivity contribution is 7.89. The summed E-state index contributed by atoms with van der Waals surface area (Å²) in [6, 6.07) is 18.1. The lowest BCUT2D eigenvalue weighted by molar-refractivity contribution is -0.122. The summed E-state index contributed by atoms with van der Waals surface area (Å²) in [4.78, 5) is 13.0. The molecule has 1 atom stereocenters. The number of benzene rings is 3. The lowest BCUT2D eigenvalue weighted by Gasteiger charge is -2.23. The van der Waals surface area contributed by atoms with Gasteiger partial charge in [0.25, 0.3) is 0 Å². The highest BCUT2D eigenvalue weighted by Crippen LogP contribution is 2.25. The van der Waals surface area contributed by atoms with Crippen LogP contribution in [0, 0.1) is 6.92 Å². The number of sulfonamides is 1. The first-order chi connectivity index (χ1) is 15.6.